The number of urea groups is 1. The predicted molar refractivity (Wildman–Crippen MR) is 75.3 cm³/mol. The first-order valence-electron chi connectivity index (χ1n) is 6.78. The van der Waals surface area contributed by atoms with Crippen molar-refractivity contribution in [2.45, 2.75) is 20.4 Å². The Kier molecular flexibility index (Phi) is 4.27. The Morgan fingerprint density at radius 3 is 2.75 bits per heavy atom. The molecule has 108 valence electrons. The van der Waals surface area contributed by atoms with Gasteiger partial charge in [0, 0.05) is 19.6 Å². The van der Waals surface area contributed by atoms with Gasteiger partial charge in [-0.25, -0.2) is 4.79 Å². The molecule has 1 fully saturated rings. The lowest BCUT2D eigenvalue weighted by Gasteiger charge is -2.17. The fraction of sp³-hybridized carbons (Fsp3) is 0.467. The highest BCUT2D eigenvalue weighted by atomic mass is 16.4. The van der Waals surface area contributed by atoms with Gasteiger partial charge in [-0.2, -0.15) is 0 Å². The maximum Gasteiger partial charge on any atom is 0.317 e. The van der Waals surface area contributed by atoms with E-state index in [-0.39, 0.29) is 18.5 Å². The lowest BCUT2D eigenvalue weighted by molar-refractivity contribution is -0.142. The van der Waals surface area contributed by atoms with Gasteiger partial charge in [-0.1, -0.05) is 36.8 Å². The van der Waals surface area contributed by atoms with Crippen LogP contribution in [0.25, 0.3) is 0 Å². The first kappa shape index (κ1) is 14.4. The second-order valence-corrected chi connectivity index (χ2v) is 5.47. The molecule has 2 atom stereocenters. The number of hydrogen-bond donors (Lipinski definition) is 2. The van der Waals surface area contributed by atoms with Crippen LogP contribution >= 0.6 is 0 Å². The number of rotatable bonds is 3. The molecule has 1 aromatic rings. The highest BCUT2D eigenvalue weighted by Crippen LogP contribution is 2.23. The topological polar surface area (TPSA) is 69.6 Å². The lowest BCUT2D eigenvalue weighted by Crippen LogP contribution is -2.38. The summed E-state index contributed by atoms with van der Waals surface area (Å²) >= 11 is 0. The van der Waals surface area contributed by atoms with E-state index in [0.717, 1.165) is 11.1 Å². The first-order chi connectivity index (χ1) is 9.47. The SMILES string of the molecule is Cc1cccc(CNC(=O)N2C[C@@H](C)[C@H](C(=O)O)C2)c1. The molecule has 0 radical (unpaired) electrons. The summed E-state index contributed by atoms with van der Waals surface area (Å²) in [7, 11) is 0. The Hall–Kier alpha value is -2.04. The molecule has 20 heavy (non-hydrogen) atoms. The van der Waals surface area contributed by atoms with Crippen LogP contribution in [0.15, 0.2) is 24.3 Å². The largest absolute Gasteiger partial charge is 0.481 e. The van der Waals surface area contributed by atoms with E-state index in [4.69, 9.17) is 5.11 Å². The van der Waals surface area contributed by atoms with Crippen LogP contribution in [-0.4, -0.2) is 35.1 Å². The maximum atomic E-state index is 12.0. The van der Waals surface area contributed by atoms with Gasteiger partial charge in [0.1, 0.15) is 0 Å². The fourth-order valence-electron chi connectivity index (χ4n) is 2.57. The molecular formula is C15H20N2O3. The number of amides is 2. The molecule has 2 N–H and O–H groups in total. The van der Waals surface area contributed by atoms with Crippen LogP contribution in [0.5, 0.6) is 0 Å². The zero-order valence-corrected chi connectivity index (χ0v) is 11.8. The number of nitrogens with one attached hydrogen (secondary N) is 1. The summed E-state index contributed by atoms with van der Waals surface area (Å²) in [5.74, 6) is -1.29. The Labute approximate surface area is 118 Å². The van der Waals surface area contributed by atoms with Gasteiger partial charge in [-0.15, -0.1) is 0 Å². The average Bonchev–Trinajstić information content (AvgIpc) is 2.78. The molecule has 0 bridgehead atoms. The average molecular weight is 276 g/mol. The zero-order valence-electron chi connectivity index (χ0n) is 11.8. The monoisotopic (exact) mass is 276 g/mol. The molecule has 2 amide bonds. The van der Waals surface area contributed by atoms with Crippen molar-refractivity contribution in [3.8, 4) is 0 Å². The minimum absolute atomic E-state index is 0.00257. The van der Waals surface area contributed by atoms with Gasteiger partial charge in [0.05, 0.1) is 5.92 Å². The first-order valence-corrected chi connectivity index (χ1v) is 6.78. The molecule has 0 aliphatic carbocycles. The van der Waals surface area contributed by atoms with Crippen LogP contribution in [0.1, 0.15) is 18.1 Å². The Bertz CT molecular complexity index is 516. The molecule has 1 aromatic carbocycles. The molecule has 1 aliphatic rings. The van der Waals surface area contributed by atoms with Crippen LogP contribution in [0.3, 0.4) is 0 Å². The zero-order chi connectivity index (χ0) is 14.7. The second-order valence-electron chi connectivity index (χ2n) is 5.47. The van der Waals surface area contributed by atoms with Crippen molar-refractivity contribution in [3.63, 3.8) is 0 Å². The maximum absolute atomic E-state index is 12.0. The molecule has 1 saturated heterocycles. The van der Waals surface area contributed by atoms with E-state index in [2.05, 4.69) is 5.32 Å². The summed E-state index contributed by atoms with van der Waals surface area (Å²) in [6.07, 6.45) is 0. The van der Waals surface area contributed by atoms with Crippen molar-refractivity contribution in [1.82, 2.24) is 10.2 Å². The molecule has 0 aromatic heterocycles. The number of benzene rings is 1. The molecule has 0 spiro atoms. The van der Waals surface area contributed by atoms with E-state index in [9.17, 15) is 9.59 Å². The van der Waals surface area contributed by atoms with Gasteiger partial charge in [0.2, 0.25) is 0 Å². The molecule has 1 heterocycles. The lowest BCUT2D eigenvalue weighted by atomic mass is 9.99. The van der Waals surface area contributed by atoms with Gasteiger partial charge in [0.25, 0.3) is 0 Å². The molecule has 5 nitrogen and oxygen atoms in total. The summed E-state index contributed by atoms with van der Waals surface area (Å²) in [5.41, 5.74) is 2.19. The Morgan fingerprint density at radius 2 is 2.15 bits per heavy atom. The summed E-state index contributed by atoms with van der Waals surface area (Å²) in [5, 5.41) is 11.9. The number of aliphatic carboxylic acids is 1. The minimum atomic E-state index is -0.827. The summed E-state index contributed by atoms with van der Waals surface area (Å²) in [4.78, 5) is 24.7. The quantitative estimate of drug-likeness (QED) is 0.885. The minimum Gasteiger partial charge on any atom is -0.481 e. The number of aryl methyl sites for hydroxylation is 1. The van der Waals surface area contributed by atoms with Crippen LogP contribution in [0.4, 0.5) is 4.79 Å². The van der Waals surface area contributed by atoms with E-state index in [0.29, 0.717) is 13.1 Å². The normalized spacial score (nSPS) is 21.8. The molecular weight excluding hydrogens is 256 g/mol. The van der Waals surface area contributed by atoms with Gasteiger partial charge >= 0.3 is 12.0 Å². The van der Waals surface area contributed by atoms with Gasteiger partial charge in [-0.05, 0) is 18.4 Å². The van der Waals surface area contributed by atoms with Crippen LogP contribution < -0.4 is 5.32 Å². The number of carboxylic acid groups (broad SMARTS) is 1. The smallest absolute Gasteiger partial charge is 0.317 e. The number of nitrogens with zero attached hydrogens (tertiary/aromatic N) is 1. The molecule has 0 saturated carbocycles. The van der Waals surface area contributed by atoms with Crippen LogP contribution in [0.2, 0.25) is 0 Å². The third-order valence-corrected chi connectivity index (χ3v) is 3.74. The number of carboxylic acids is 1. The summed E-state index contributed by atoms with van der Waals surface area (Å²) < 4.78 is 0. The summed E-state index contributed by atoms with van der Waals surface area (Å²) in [6, 6.07) is 7.75. The van der Waals surface area contributed by atoms with Crippen molar-refractivity contribution < 1.29 is 14.7 Å². The third kappa shape index (κ3) is 3.29. The molecule has 2 rings (SSSR count). The Balaban J connectivity index is 1.88. The van der Waals surface area contributed by atoms with Crippen LogP contribution in [0, 0.1) is 18.8 Å². The number of carbonyl (C=O) groups is 2. The van der Waals surface area contributed by atoms with Gasteiger partial charge < -0.3 is 15.3 Å². The molecule has 0 unspecified atom stereocenters. The molecule has 5 heteroatoms. The van der Waals surface area contributed by atoms with E-state index in [1.807, 2.05) is 38.1 Å². The van der Waals surface area contributed by atoms with E-state index in [1.54, 1.807) is 4.90 Å². The van der Waals surface area contributed by atoms with Crippen molar-refractivity contribution in [2.75, 3.05) is 13.1 Å². The Morgan fingerprint density at radius 1 is 1.40 bits per heavy atom. The third-order valence-electron chi connectivity index (χ3n) is 3.74. The predicted octanol–water partition coefficient (Wildman–Crippen LogP) is 1.86. The number of carbonyl (C=O) groups excluding carboxylic acids is 1. The summed E-state index contributed by atoms with van der Waals surface area (Å²) in [6.45, 7) is 5.12. The van der Waals surface area contributed by atoms with Crippen molar-refractivity contribution in [1.29, 1.82) is 0 Å². The highest BCUT2D eigenvalue weighted by molar-refractivity contribution is 5.77. The van der Waals surface area contributed by atoms with Crippen molar-refractivity contribution in [2.24, 2.45) is 11.8 Å². The second kappa shape index (κ2) is 5.94. The standard InChI is InChI=1S/C15H20N2O3/c1-10-4-3-5-12(6-10)7-16-15(20)17-8-11(2)13(9-17)14(18)19/h3-6,11,13H,7-9H2,1-2H3,(H,16,20)(H,18,19)/t11-,13-/m1/s1. The van der Waals surface area contributed by atoms with Gasteiger partial charge in [-0.3, -0.25) is 4.79 Å². The van der Waals surface area contributed by atoms with Gasteiger partial charge in [0.15, 0.2) is 0 Å². The van der Waals surface area contributed by atoms with E-state index in [1.165, 1.54) is 0 Å². The van der Waals surface area contributed by atoms with Crippen molar-refractivity contribution >= 4 is 12.0 Å². The highest BCUT2D eigenvalue weighted by Gasteiger charge is 2.36. The van der Waals surface area contributed by atoms with Crippen molar-refractivity contribution in [3.05, 3.63) is 35.4 Å². The number of hydrogen-bond acceptors (Lipinski definition) is 2. The van der Waals surface area contributed by atoms with E-state index >= 15 is 0 Å². The number of likely N-dealkylation sites (tertiary alicyclic amines) is 1. The van der Waals surface area contributed by atoms with Crippen LogP contribution in [-0.2, 0) is 11.3 Å². The molecule has 1 aliphatic heterocycles. The van der Waals surface area contributed by atoms with E-state index < -0.39 is 11.9 Å². The fourth-order valence-corrected chi connectivity index (χ4v) is 2.57.